The van der Waals surface area contributed by atoms with E-state index in [2.05, 4.69) is 11.3 Å². The maximum absolute atomic E-state index is 11.8. The molecule has 0 aromatic carbocycles. The second kappa shape index (κ2) is 7.79. The van der Waals surface area contributed by atoms with E-state index in [1.165, 1.54) is 17.1 Å². The van der Waals surface area contributed by atoms with E-state index in [9.17, 15) is 18.3 Å². The molecule has 1 aliphatic heterocycles. The number of β-amino-alcohol motifs (C(OH)–C–C–N with tert-alkyl or cyclic N) is 1. The first-order valence-corrected chi connectivity index (χ1v) is 8.57. The molecule has 0 radical (unpaired) electrons. The van der Waals surface area contributed by atoms with Crippen molar-refractivity contribution in [3.05, 3.63) is 24.8 Å². The van der Waals surface area contributed by atoms with E-state index >= 15 is 0 Å². The van der Waals surface area contributed by atoms with Crippen molar-refractivity contribution < 1.29 is 23.1 Å². The maximum atomic E-state index is 11.8. The minimum atomic E-state index is -3.42. The Balaban J connectivity index is 2.66. The molecule has 0 bridgehead atoms. The summed E-state index contributed by atoms with van der Waals surface area (Å²) in [6.07, 6.45) is 4.53. The second-order valence-corrected chi connectivity index (χ2v) is 6.90. The summed E-state index contributed by atoms with van der Waals surface area (Å²) in [6.45, 7) is 3.67. The molecule has 7 nitrogen and oxygen atoms in total. The van der Waals surface area contributed by atoms with Crippen molar-refractivity contribution in [1.29, 1.82) is 0 Å². The number of hydrogen-bond donors (Lipinski definition) is 2. The number of hydrogen-bond acceptors (Lipinski definition) is 5. The molecule has 1 aliphatic rings. The average Bonchev–Trinajstić information content (AvgIpc) is 2.73. The van der Waals surface area contributed by atoms with Gasteiger partial charge in [0.1, 0.15) is 12.1 Å². The lowest BCUT2D eigenvalue weighted by Crippen LogP contribution is -2.36. The number of amides is 1. The molecule has 1 rings (SSSR count). The Hall–Kier alpha value is -1.09. The van der Waals surface area contributed by atoms with Crippen LogP contribution in [0.5, 0.6) is 0 Å². The monoisotopic (exact) mass is 338 g/mol. The van der Waals surface area contributed by atoms with Gasteiger partial charge in [0.2, 0.25) is 10.0 Å². The number of nitrogens with zero attached hydrogens (tertiary/aromatic N) is 1. The SMILES string of the molecule is C=CCOC(=O)N1C[C@H](O)C[C@H]1C=CC(Cl)NS(C)(=O)=O. The van der Waals surface area contributed by atoms with E-state index in [1.807, 2.05) is 0 Å². The molecule has 0 spiro atoms. The molecule has 0 aromatic heterocycles. The number of ether oxygens (including phenoxy) is 1. The zero-order valence-corrected chi connectivity index (χ0v) is 13.2. The minimum Gasteiger partial charge on any atom is -0.445 e. The molecule has 0 aliphatic carbocycles. The predicted molar refractivity (Wildman–Crippen MR) is 79.4 cm³/mol. The average molecular weight is 339 g/mol. The Morgan fingerprint density at radius 1 is 1.67 bits per heavy atom. The van der Waals surface area contributed by atoms with Crippen LogP contribution in [0.2, 0.25) is 0 Å². The molecule has 2 N–H and O–H groups in total. The first-order valence-electron chi connectivity index (χ1n) is 6.25. The smallest absolute Gasteiger partial charge is 0.410 e. The maximum Gasteiger partial charge on any atom is 0.410 e. The third-order valence-corrected chi connectivity index (χ3v) is 3.78. The molecule has 1 heterocycles. The largest absolute Gasteiger partial charge is 0.445 e. The molecular formula is C12H19ClN2O5S. The van der Waals surface area contributed by atoms with Gasteiger partial charge in [-0.3, -0.25) is 4.90 Å². The fourth-order valence-corrected chi connectivity index (χ4v) is 2.98. The zero-order chi connectivity index (χ0) is 16.0. The second-order valence-electron chi connectivity index (χ2n) is 4.65. The van der Waals surface area contributed by atoms with Crippen molar-refractivity contribution in [2.24, 2.45) is 0 Å². The summed E-state index contributed by atoms with van der Waals surface area (Å²) in [5.74, 6) is 0. The van der Waals surface area contributed by atoms with E-state index in [4.69, 9.17) is 16.3 Å². The first-order chi connectivity index (χ1) is 9.73. The van der Waals surface area contributed by atoms with Gasteiger partial charge in [-0.1, -0.05) is 24.8 Å². The van der Waals surface area contributed by atoms with Gasteiger partial charge in [0.25, 0.3) is 0 Å². The molecule has 3 atom stereocenters. The number of alkyl halides is 1. The molecule has 21 heavy (non-hydrogen) atoms. The molecule has 120 valence electrons. The summed E-state index contributed by atoms with van der Waals surface area (Å²) >= 11 is 5.80. The normalized spacial score (nSPS) is 24.2. The Bertz CT molecular complexity index is 508. The van der Waals surface area contributed by atoms with Crippen LogP contribution in [-0.2, 0) is 14.8 Å². The summed E-state index contributed by atoms with van der Waals surface area (Å²) in [5, 5.41) is 9.65. The molecule has 1 amide bonds. The first kappa shape index (κ1) is 18.0. The van der Waals surface area contributed by atoms with Gasteiger partial charge in [0.05, 0.1) is 24.9 Å². The van der Waals surface area contributed by atoms with Crippen molar-refractivity contribution in [2.75, 3.05) is 19.4 Å². The Labute approximate surface area is 129 Å². The quantitative estimate of drug-likeness (QED) is 0.415. The molecule has 1 saturated heterocycles. The van der Waals surface area contributed by atoms with Crippen LogP contribution in [0.25, 0.3) is 0 Å². The van der Waals surface area contributed by atoms with Crippen molar-refractivity contribution in [3.8, 4) is 0 Å². The summed E-state index contributed by atoms with van der Waals surface area (Å²) in [4.78, 5) is 13.2. The molecular weight excluding hydrogens is 320 g/mol. The minimum absolute atomic E-state index is 0.0790. The number of rotatable bonds is 6. The number of carbonyl (C=O) groups excluding carboxylic acids is 1. The molecule has 0 saturated carbocycles. The number of aliphatic hydroxyl groups is 1. The van der Waals surface area contributed by atoms with Crippen LogP contribution in [-0.4, -0.2) is 61.6 Å². The van der Waals surface area contributed by atoms with Gasteiger partial charge in [-0.05, 0) is 6.42 Å². The Morgan fingerprint density at radius 3 is 2.90 bits per heavy atom. The van der Waals surface area contributed by atoms with Gasteiger partial charge in [0, 0.05) is 0 Å². The van der Waals surface area contributed by atoms with Crippen LogP contribution in [0.1, 0.15) is 6.42 Å². The highest BCUT2D eigenvalue weighted by Gasteiger charge is 2.33. The van der Waals surface area contributed by atoms with E-state index in [1.54, 1.807) is 6.08 Å². The van der Waals surface area contributed by atoms with Crippen LogP contribution in [0.3, 0.4) is 0 Å². The molecule has 9 heteroatoms. The number of likely N-dealkylation sites (tertiary alicyclic amines) is 1. The van der Waals surface area contributed by atoms with Gasteiger partial charge in [-0.15, -0.1) is 11.6 Å². The van der Waals surface area contributed by atoms with E-state index in [0.29, 0.717) is 6.42 Å². The van der Waals surface area contributed by atoms with Gasteiger partial charge in [0.15, 0.2) is 0 Å². The number of aliphatic hydroxyl groups excluding tert-OH is 1. The fourth-order valence-electron chi connectivity index (χ4n) is 1.92. The lowest BCUT2D eigenvalue weighted by Gasteiger charge is -2.21. The van der Waals surface area contributed by atoms with Crippen molar-refractivity contribution in [1.82, 2.24) is 9.62 Å². The van der Waals surface area contributed by atoms with Crippen LogP contribution in [0.15, 0.2) is 24.8 Å². The van der Waals surface area contributed by atoms with Crippen LogP contribution in [0.4, 0.5) is 4.79 Å². The molecule has 1 fully saturated rings. The predicted octanol–water partition coefficient (Wildman–Crippen LogP) is 0.415. The van der Waals surface area contributed by atoms with Gasteiger partial charge in [-0.25, -0.2) is 13.2 Å². The fraction of sp³-hybridized carbons (Fsp3) is 0.583. The summed E-state index contributed by atoms with van der Waals surface area (Å²) in [6, 6.07) is -0.403. The number of halogens is 1. The number of nitrogens with one attached hydrogen (secondary N) is 1. The standard InChI is InChI=1S/C12H19ClN2O5S/c1-3-6-20-12(17)15-8-10(16)7-9(15)4-5-11(13)14-21(2,18)19/h3-5,9-11,14,16H,1,6-8H2,2H3/t9-,10-,11?/m1/s1. The van der Waals surface area contributed by atoms with Gasteiger partial charge >= 0.3 is 6.09 Å². The van der Waals surface area contributed by atoms with Gasteiger partial charge in [-0.2, -0.15) is 4.72 Å². The summed E-state index contributed by atoms with van der Waals surface area (Å²) in [7, 11) is -3.42. The van der Waals surface area contributed by atoms with Crippen molar-refractivity contribution >= 4 is 27.7 Å². The van der Waals surface area contributed by atoms with Crippen LogP contribution >= 0.6 is 11.6 Å². The number of carbonyl (C=O) groups is 1. The highest BCUT2D eigenvalue weighted by molar-refractivity contribution is 7.88. The topological polar surface area (TPSA) is 95.9 Å². The Morgan fingerprint density at radius 2 is 2.33 bits per heavy atom. The van der Waals surface area contributed by atoms with Crippen molar-refractivity contribution in [2.45, 2.75) is 24.1 Å². The van der Waals surface area contributed by atoms with Crippen LogP contribution < -0.4 is 4.72 Å². The third kappa shape index (κ3) is 6.47. The zero-order valence-electron chi connectivity index (χ0n) is 11.6. The third-order valence-electron chi connectivity index (χ3n) is 2.71. The molecule has 0 aromatic rings. The van der Waals surface area contributed by atoms with E-state index < -0.39 is 33.8 Å². The lowest BCUT2D eigenvalue weighted by atomic mass is 10.2. The van der Waals surface area contributed by atoms with Crippen LogP contribution in [0, 0.1) is 0 Å². The van der Waals surface area contributed by atoms with E-state index in [-0.39, 0.29) is 13.2 Å². The van der Waals surface area contributed by atoms with Crippen molar-refractivity contribution in [3.63, 3.8) is 0 Å². The van der Waals surface area contributed by atoms with E-state index in [0.717, 1.165) is 6.26 Å². The Kier molecular flexibility index (Phi) is 6.66. The highest BCUT2D eigenvalue weighted by Crippen LogP contribution is 2.20. The highest BCUT2D eigenvalue weighted by atomic mass is 35.5. The van der Waals surface area contributed by atoms with Gasteiger partial charge < -0.3 is 9.84 Å². The summed E-state index contributed by atoms with van der Waals surface area (Å²) in [5.41, 5.74) is -0.927. The summed E-state index contributed by atoms with van der Waals surface area (Å²) < 4.78 is 29.1. The molecule has 1 unspecified atom stereocenters. The number of sulfonamides is 1. The lowest BCUT2D eigenvalue weighted by molar-refractivity contribution is 0.107.